The van der Waals surface area contributed by atoms with Crippen LogP contribution in [0.3, 0.4) is 0 Å². The molecule has 0 saturated carbocycles. The Morgan fingerprint density at radius 3 is 2.89 bits per heavy atom. The Bertz CT molecular complexity index is 597. The Morgan fingerprint density at radius 1 is 1.42 bits per heavy atom. The number of aliphatic carboxylic acids is 1. The van der Waals surface area contributed by atoms with Crippen LogP contribution < -0.4 is 0 Å². The molecular weight excluding hydrogens is 264 g/mol. The predicted molar refractivity (Wildman–Crippen MR) is 71.2 cm³/mol. The molecule has 0 aromatic carbocycles. The summed E-state index contributed by atoms with van der Waals surface area (Å²) in [4.78, 5) is 14.9. The molecule has 6 nitrogen and oxygen atoms in total. The summed E-state index contributed by atoms with van der Waals surface area (Å²) in [6.45, 7) is 4.38. The molecule has 19 heavy (non-hydrogen) atoms. The zero-order valence-corrected chi connectivity index (χ0v) is 11.5. The zero-order chi connectivity index (χ0) is 13.8. The zero-order valence-electron chi connectivity index (χ0n) is 10.7. The lowest BCUT2D eigenvalue weighted by atomic mass is 10.2. The van der Waals surface area contributed by atoms with E-state index in [-0.39, 0.29) is 5.75 Å². The molecule has 0 fully saturated rings. The number of aromatic nitrogens is 4. The van der Waals surface area contributed by atoms with E-state index < -0.39 is 5.97 Å². The summed E-state index contributed by atoms with van der Waals surface area (Å²) < 4.78 is 1.88. The molecule has 2 heterocycles. The van der Waals surface area contributed by atoms with E-state index in [9.17, 15) is 4.79 Å². The van der Waals surface area contributed by atoms with Crippen molar-refractivity contribution < 1.29 is 9.90 Å². The second-order valence-corrected chi connectivity index (χ2v) is 5.01. The molecule has 0 aliphatic carbocycles. The average molecular weight is 278 g/mol. The molecule has 0 amide bonds. The molecule has 0 aliphatic rings. The van der Waals surface area contributed by atoms with Crippen LogP contribution in [0.1, 0.15) is 17.1 Å². The number of nitrogens with zero attached hydrogens (tertiary/aromatic N) is 4. The van der Waals surface area contributed by atoms with Crippen molar-refractivity contribution in [1.82, 2.24) is 19.7 Å². The second kappa shape index (κ2) is 5.83. The third kappa shape index (κ3) is 3.31. The molecular formula is C12H14N4O2S. The maximum atomic E-state index is 10.6. The maximum absolute atomic E-state index is 10.6. The summed E-state index contributed by atoms with van der Waals surface area (Å²) in [5.74, 6) is -0.150. The van der Waals surface area contributed by atoms with Crippen molar-refractivity contribution in [1.29, 1.82) is 0 Å². The Balaban J connectivity index is 2.22. The van der Waals surface area contributed by atoms with Gasteiger partial charge >= 0.3 is 5.97 Å². The molecule has 0 saturated heterocycles. The molecule has 0 bridgehead atoms. The van der Waals surface area contributed by atoms with Crippen LogP contribution >= 0.6 is 11.8 Å². The van der Waals surface area contributed by atoms with Crippen molar-refractivity contribution >= 4 is 17.7 Å². The Labute approximate surface area is 114 Å². The number of carboxylic acid groups (broad SMARTS) is 1. The first-order valence-corrected chi connectivity index (χ1v) is 6.71. The minimum absolute atomic E-state index is 0.0284. The van der Waals surface area contributed by atoms with E-state index in [4.69, 9.17) is 5.11 Å². The fraction of sp³-hybridized carbons (Fsp3) is 0.333. The first kappa shape index (κ1) is 13.5. The van der Waals surface area contributed by atoms with E-state index in [0.717, 1.165) is 28.8 Å². The molecule has 2 aromatic rings. The summed E-state index contributed by atoms with van der Waals surface area (Å²) in [7, 11) is 0. The highest BCUT2D eigenvalue weighted by atomic mass is 32.2. The Kier molecular flexibility index (Phi) is 4.16. The highest BCUT2D eigenvalue weighted by molar-refractivity contribution is 7.99. The van der Waals surface area contributed by atoms with Gasteiger partial charge in [0.25, 0.3) is 0 Å². The van der Waals surface area contributed by atoms with E-state index in [1.807, 2.05) is 30.5 Å². The topological polar surface area (TPSA) is 80.9 Å². The fourth-order valence-corrected chi connectivity index (χ4v) is 2.31. The lowest BCUT2D eigenvalue weighted by Gasteiger charge is -2.09. The summed E-state index contributed by atoms with van der Waals surface area (Å²) in [6.07, 6.45) is 1.74. The van der Waals surface area contributed by atoms with E-state index >= 15 is 0 Å². The van der Waals surface area contributed by atoms with Gasteiger partial charge in [0.2, 0.25) is 0 Å². The lowest BCUT2D eigenvalue weighted by Crippen LogP contribution is -2.08. The standard InChI is InChI=1S/C12H14N4O2S/c1-8-4-3-5-13-10(8)6-16-9(2)14-15-12(16)19-7-11(17)18/h3-5H,6-7H2,1-2H3,(H,17,18). The number of pyridine rings is 1. The van der Waals surface area contributed by atoms with Crippen LogP contribution in [0.5, 0.6) is 0 Å². The van der Waals surface area contributed by atoms with Crippen molar-refractivity contribution in [2.75, 3.05) is 5.75 Å². The lowest BCUT2D eigenvalue weighted by molar-refractivity contribution is -0.133. The predicted octanol–water partition coefficient (Wildman–Crippen LogP) is 1.51. The number of hydrogen-bond donors (Lipinski definition) is 1. The highest BCUT2D eigenvalue weighted by Gasteiger charge is 2.12. The van der Waals surface area contributed by atoms with Gasteiger partial charge in [-0.3, -0.25) is 9.78 Å². The minimum atomic E-state index is -0.869. The van der Waals surface area contributed by atoms with Crippen molar-refractivity contribution in [3.8, 4) is 0 Å². The van der Waals surface area contributed by atoms with Crippen molar-refractivity contribution in [3.05, 3.63) is 35.4 Å². The van der Waals surface area contributed by atoms with Crippen molar-refractivity contribution in [2.24, 2.45) is 0 Å². The molecule has 0 spiro atoms. The molecule has 0 radical (unpaired) electrons. The molecule has 2 rings (SSSR count). The molecule has 0 atom stereocenters. The van der Waals surface area contributed by atoms with Crippen molar-refractivity contribution in [2.45, 2.75) is 25.5 Å². The van der Waals surface area contributed by atoms with Crippen molar-refractivity contribution in [3.63, 3.8) is 0 Å². The van der Waals surface area contributed by atoms with E-state index in [1.54, 1.807) is 6.20 Å². The number of thioether (sulfide) groups is 1. The normalized spacial score (nSPS) is 10.6. The van der Waals surface area contributed by atoms with Gasteiger partial charge in [-0.15, -0.1) is 10.2 Å². The molecule has 0 aliphatic heterocycles. The number of hydrogen-bond acceptors (Lipinski definition) is 5. The van der Waals surface area contributed by atoms with Crippen LogP contribution in [0, 0.1) is 13.8 Å². The van der Waals surface area contributed by atoms with Gasteiger partial charge in [0.05, 0.1) is 18.0 Å². The van der Waals surface area contributed by atoms with Crippen LogP contribution in [0.25, 0.3) is 0 Å². The van der Waals surface area contributed by atoms with Gasteiger partial charge in [-0.25, -0.2) is 0 Å². The molecule has 100 valence electrons. The number of carboxylic acids is 1. The first-order chi connectivity index (χ1) is 9.08. The summed E-state index contributed by atoms with van der Waals surface area (Å²) in [6, 6.07) is 3.88. The summed E-state index contributed by atoms with van der Waals surface area (Å²) in [5, 5.41) is 17.3. The van der Waals surface area contributed by atoms with Gasteiger partial charge in [0, 0.05) is 6.20 Å². The van der Waals surface area contributed by atoms with Gasteiger partial charge in [0.15, 0.2) is 5.16 Å². The SMILES string of the molecule is Cc1cccnc1Cn1c(C)nnc1SCC(=O)O. The van der Waals surface area contributed by atoms with Gasteiger partial charge in [-0.05, 0) is 25.5 Å². The molecule has 2 aromatic heterocycles. The number of aryl methyl sites for hydroxylation is 2. The molecule has 7 heteroatoms. The van der Waals surface area contributed by atoms with Crippen LogP contribution in [0.2, 0.25) is 0 Å². The van der Waals surface area contributed by atoms with E-state index in [1.165, 1.54) is 0 Å². The van der Waals surface area contributed by atoms with Gasteiger partial charge in [-0.1, -0.05) is 17.8 Å². The monoisotopic (exact) mass is 278 g/mol. The highest BCUT2D eigenvalue weighted by Crippen LogP contribution is 2.18. The quantitative estimate of drug-likeness (QED) is 0.835. The van der Waals surface area contributed by atoms with Crippen LogP contribution in [0.15, 0.2) is 23.5 Å². The van der Waals surface area contributed by atoms with Gasteiger partial charge in [0.1, 0.15) is 5.82 Å². The van der Waals surface area contributed by atoms with Gasteiger partial charge < -0.3 is 9.67 Å². The van der Waals surface area contributed by atoms with Gasteiger partial charge in [-0.2, -0.15) is 0 Å². The fourth-order valence-electron chi connectivity index (χ4n) is 1.61. The third-order valence-electron chi connectivity index (χ3n) is 2.65. The maximum Gasteiger partial charge on any atom is 0.313 e. The van der Waals surface area contributed by atoms with Crippen LogP contribution in [-0.4, -0.2) is 36.6 Å². The molecule has 1 N–H and O–H groups in total. The first-order valence-electron chi connectivity index (χ1n) is 5.73. The third-order valence-corrected chi connectivity index (χ3v) is 3.60. The Hall–Kier alpha value is -1.89. The Morgan fingerprint density at radius 2 is 2.21 bits per heavy atom. The van der Waals surface area contributed by atoms with E-state index in [0.29, 0.717) is 11.7 Å². The number of carbonyl (C=O) groups is 1. The minimum Gasteiger partial charge on any atom is -0.481 e. The summed E-state index contributed by atoms with van der Waals surface area (Å²) >= 11 is 1.16. The second-order valence-electron chi connectivity index (χ2n) is 4.07. The van der Waals surface area contributed by atoms with Crippen LogP contribution in [-0.2, 0) is 11.3 Å². The van der Waals surface area contributed by atoms with E-state index in [2.05, 4.69) is 15.2 Å². The largest absolute Gasteiger partial charge is 0.481 e. The number of rotatable bonds is 5. The van der Waals surface area contributed by atoms with Crippen LogP contribution in [0.4, 0.5) is 0 Å². The molecule has 0 unspecified atom stereocenters. The summed E-state index contributed by atoms with van der Waals surface area (Å²) in [5.41, 5.74) is 2.02. The average Bonchev–Trinajstić information content (AvgIpc) is 2.71. The smallest absolute Gasteiger partial charge is 0.313 e.